The molecule has 0 saturated carbocycles. The number of benzene rings is 1. The average molecular weight is 424 g/mol. The first-order valence-corrected chi connectivity index (χ1v) is 10.1. The minimum Gasteiger partial charge on any atom is -0.478 e. The van der Waals surface area contributed by atoms with E-state index in [1.54, 1.807) is 49.9 Å². The molecule has 1 aromatic carbocycles. The summed E-state index contributed by atoms with van der Waals surface area (Å²) in [7, 11) is 0. The number of fused-ring (bicyclic) bond motifs is 1. The van der Waals surface area contributed by atoms with E-state index in [4.69, 9.17) is 21.1 Å². The topological polar surface area (TPSA) is 80.8 Å². The highest BCUT2D eigenvalue weighted by atomic mass is 35.5. The number of nitrogens with one attached hydrogen (secondary N) is 1. The molecule has 0 bridgehead atoms. The molecule has 1 N–H and O–H groups in total. The monoisotopic (exact) mass is 423 g/mol. The maximum Gasteiger partial charge on any atom is 0.413 e. The third-order valence-electron chi connectivity index (χ3n) is 4.20. The van der Waals surface area contributed by atoms with Crippen LogP contribution >= 0.6 is 22.9 Å². The van der Waals surface area contributed by atoms with Gasteiger partial charge in [0, 0.05) is 22.9 Å². The van der Waals surface area contributed by atoms with Crippen molar-refractivity contribution in [2.24, 2.45) is 0 Å². The van der Waals surface area contributed by atoms with Crippen LogP contribution in [0.25, 0.3) is 0 Å². The summed E-state index contributed by atoms with van der Waals surface area (Å²) in [6.07, 6.45) is 0.0954. The number of aromatic nitrogens is 1. The Balaban J connectivity index is 1.66. The molecule has 0 fully saturated rings. The molecule has 7 nitrogen and oxygen atoms in total. The number of halogens is 1. The molecule has 1 aliphatic heterocycles. The summed E-state index contributed by atoms with van der Waals surface area (Å²) in [4.78, 5) is 31.7. The maximum atomic E-state index is 13.0. The van der Waals surface area contributed by atoms with E-state index in [2.05, 4.69) is 10.3 Å². The zero-order valence-electron chi connectivity index (χ0n) is 16.0. The maximum absolute atomic E-state index is 13.0. The van der Waals surface area contributed by atoms with Crippen LogP contribution in [0.5, 0.6) is 5.75 Å². The number of carbonyl (C=O) groups is 2. The number of ether oxygens (including phenoxy) is 2. The Morgan fingerprint density at radius 1 is 1.32 bits per heavy atom. The molecule has 28 heavy (non-hydrogen) atoms. The fraction of sp³-hybridized carbons (Fsp3) is 0.421. The molecule has 2 amide bonds. The van der Waals surface area contributed by atoms with E-state index in [1.165, 1.54) is 11.3 Å². The Morgan fingerprint density at radius 3 is 2.71 bits per heavy atom. The van der Waals surface area contributed by atoms with Crippen molar-refractivity contribution in [2.45, 2.75) is 39.3 Å². The molecule has 0 saturated heterocycles. The molecule has 2 heterocycles. The highest BCUT2D eigenvalue weighted by Gasteiger charge is 2.36. The van der Waals surface area contributed by atoms with Crippen molar-refractivity contribution in [3.63, 3.8) is 0 Å². The van der Waals surface area contributed by atoms with Crippen molar-refractivity contribution in [1.82, 2.24) is 9.88 Å². The highest BCUT2D eigenvalue weighted by molar-refractivity contribution is 7.15. The zero-order valence-corrected chi connectivity index (χ0v) is 17.5. The predicted molar refractivity (Wildman–Crippen MR) is 108 cm³/mol. The van der Waals surface area contributed by atoms with Crippen molar-refractivity contribution in [3.8, 4) is 5.75 Å². The van der Waals surface area contributed by atoms with Gasteiger partial charge in [-0.15, -0.1) is 0 Å². The van der Waals surface area contributed by atoms with Gasteiger partial charge in [-0.3, -0.25) is 10.1 Å². The lowest BCUT2D eigenvalue weighted by molar-refractivity contribution is -0.146. The van der Waals surface area contributed by atoms with E-state index >= 15 is 0 Å². The lowest BCUT2D eigenvalue weighted by atomic mass is 10.1. The minimum atomic E-state index is -1.03. The van der Waals surface area contributed by atoms with Gasteiger partial charge in [-0.25, -0.2) is 9.78 Å². The first-order valence-electron chi connectivity index (χ1n) is 8.95. The third-order valence-corrected chi connectivity index (χ3v) is 5.45. The smallest absolute Gasteiger partial charge is 0.413 e. The molecule has 0 radical (unpaired) electrons. The quantitative estimate of drug-likeness (QED) is 0.782. The summed E-state index contributed by atoms with van der Waals surface area (Å²) < 4.78 is 10.8. The second-order valence-electron chi connectivity index (χ2n) is 6.78. The van der Waals surface area contributed by atoms with E-state index < -0.39 is 11.7 Å². The van der Waals surface area contributed by atoms with Crippen LogP contribution in [0.1, 0.15) is 31.3 Å². The molecular weight excluding hydrogens is 402 g/mol. The number of thiazole rings is 1. The first-order chi connectivity index (χ1) is 13.3. The van der Waals surface area contributed by atoms with Crippen LogP contribution in [-0.2, 0) is 22.5 Å². The molecule has 0 spiro atoms. The highest BCUT2D eigenvalue weighted by Crippen LogP contribution is 2.30. The molecule has 1 aromatic heterocycles. The van der Waals surface area contributed by atoms with Gasteiger partial charge in [0.2, 0.25) is 0 Å². The van der Waals surface area contributed by atoms with Crippen LogP contribution in [0.15, 0.2) is 24.3 Å². The van der Waals surface area contributed by atoms with Crippen molar-refractivity contribution in [2.75, 3.05) is 18.5 Å². The summed E-state index contributed by atoms with van der Waals surface area (Å²) in [6.45, 7) is 6.51. The van der Waals surface area contributed by atoms with Gasteiger partial charge in [-0.05, 0) is 45.0 Å². The van der Waals surface area contributed by atoms with Gasteiger partial charge in [-0.1, -0.05) is 22.9 Å². The molecule has 0 unspecified atom stereocenters. The second-order valence-corrected chi connectivity index (χ2v) is 8.30. The van der Waals surface area contributed by atoms with Gasteiger partial charge >= 0.3 is 6.09 Å². The minimum absolute atomic E-state index is 0.110. The van der Waals surface area contributed by atoms with Crippen molar-refractivity contribution in [3.05, 3.63) is 39.9 Å². The average Bonchev–Trinajstić information content (AvgIpc) is 3.04. The Labute approximate surface area is 172 Å². The van der Waals surface area contributed by atoms with Crippen molar-refractivity contribution < 1.29 is 19.1 Å². The lowest BCUT2D eigenvalue weighted by Gasteiger charge is -2.34. The van der Waals surface area contributed by atoms with Crippen LogP contribution in [0.4, 0.5) is 9.93 Å². The largest absolute Gasteiger partial charge is 0.478 e. The number of hydrogen-bond acceptors (Lipinski definition) is 6. The van der Waals surface area contributed by atoms with E-state index in [-0.39, 0.29) is 5.91 Å². The van der Waals surface area contributed by atoms with Gasteiger partial charge in [0.05, 0.1) is 18.8 Å². The van der Waals surface area contributed by atoms with Gasteiger partial charge in [0.1, 0.15) is 5.75 Å². The fourth-order valence-corrected chi connectivity index (χ4v) is 4.03. The van der Waals surface area contributed by atoms with Gasteiger partial charge in [0.15, 0.2) is 10.7 Å². The van der Waals surface area contributed by atoms with Crippen LogP contribution in [-0.4, -0.2) is 40.6 Å². The first kappa shape index (κ1) is 20.4. The van der Waals surface area contributed by atoms with Crippen molar-refractivity contribution in [1.29, 1.82) is 0 Å². The summed E-state index contributed by atoms with van der Waals surface area (Å²) in [5.74, 6) is 0.473. The number of anilines is 1. The molecule has 0 aliphatic carbocycles. The number of hydrogen-bond donors (Lipinski definition) is 1. The van der Waals surface area contributed by atoms with E-state index in [9.17, 15) is 9.59 Å². The Hall–Kier alpha value is -2.32. The summed E-state index contributed by atoms with van der Waals surface area (Å²) in [5.41, 5.74) is -0.126. The Bertz CT molecular complexity index is 867. The standard InChI is InChI=1S/C19H22ClN3O4S/c1-4-26-18(25)22-17-21-14-9-10-23(11-15(14)28-17)16(24)19(2,3)27-13-7-5-12(20)6-8-13/h5-8H,4,9-11H2,1-3H3,(H,21,22,25). The molecule has 1 aliphatic rings. The van der Waals surface area contributed by atoms with E-state index in [0.29, 0.717) is 42.0 Å². The van der Waals surface area contributed by atoms with Crippen LogP contribution in [0.3, 0.4) is 0 Å². The molecular formula is C19H22ClN3O4S. The molecule has 3 rings (SSSR count). The third kappa shape index (κ3) is 4.74. The van der Waals surface area contributed by atoms with Gasteiger partial charge < -0.3 is 14.4 Å². The number of rotatable bonds is 5. The number of carbonyl (C=O) groups excluding carboxylic acids is 2. The predicted octanol–water partition coefficient (Wildman–Crippen LogP) is 4.11. The van der Waals surface area contributed by atoms with Crippen LogP contribution in [0.2, 0.25) is 5.02 Å². The van der Waals surface area contributed by atoms with E-state index in [1.807, 2.05) is 0 Å². The summed E-state index contributed by atoms with van der Waals surface area (Å²) >= 11 is 7.25. The zero-order chi connectivity index (χ0) is 20.3. The Morgan fingerprint density at radius 2 is 2.04 bits per heavy atom. The lowest BCUT2D eigenvalue weighted by Crippen LogP contribution is -2.50. The summed E-state index contributed by atoms with van der Waals surface area (Å²) in [6, 6.07) is 6.92. The molecule has 150 valence electrons. The summed E-state index contributed by atoms with van der Waals surface area (Å²) in [5, 5.41) is 3.71. The fourth-order valence-electron chi connectivity index (χ4n) is 2.90. The van der Waals surface area contributed by atoms with Gasteiger partial charge in [0.25, 0.3) is 5.91 Å². The normalized spacial score (nSPS) is 13.6. The Kier molecular flexibility index (Phi) is 6.10. The number of amides is 2. The van der Waals surface area contributed by atoms with Gasteiger partial charge in [-0.2, -0.15) is 0 Å². The van der Waals surface area contributed by atoms with Crippen LogP contribution in [0, 0.1) is 0 Å². The molecule has 0 atom stereocenters. The molecule has 2 aromatic rings. The van der Waals surface area contributed by atoms with E-state index in [0.717, 1.165) is 10.6 Å². The second kappa shape index (κ2) is 8.36. The van der Waals surface area contributed by atoms with Crippen molar-refractivity contribution >= 4 is 40.1 Å². The number of nitrogens with zero attached hydrogens (tertiary/aromatic N) is 2. The SMILES string of the molecule is CCOC(=O)Nc1nc2c(s1)CN(C(=O)C(C)(C)Oc1ccc(Cl)cc1)CC2. The van der Waals surface area contributed by atoms with Crippen LogP contribution < -0.4 is 10.1 Å². The molecule has 9 heteroatoms.